The Morgan fingerprint density at radius 2 is 1.89 bits per heavy atom. The van der Waals surface area contributed by atoms with Gasteiger partial charge in [-0.1, -0.05) is 36.8 Å². The molecule has 4 heteroatoms. The Balaban J connectivity index is 1.62. The highest BCUT2D eigenvalue weighted by Gasteiger charge is 2.53. The molecule has 0 aliphatic heterocycles. The molecule has 2 aliphatic rings. The number of aliphatic carboxylic acids is 1. The van der Waals surface area contributed by atoms with Crippen molar-refractivity contribution in [3.05, 3.63) is 35.9 Å². The average molecular weight is 259 g/mol. The van der Waals surface area contributed by atoms with Gasteiger partial charge in [-0.05, 0) is 24.8 Å². The highest BCUT2D eigenvalue weighted by atomic mass is 16.4. The number of carbonyl (C=O) groups is 2. The van der Waals surface area contributed by atoms with Crippen molar-refractivity contribution in [2.24, 2.45) is 5.41 Å². The summed E-state index contributed by atoms with van der Waals surface area (Å²) in [7, 11) is 0. The summed E-state index contributed by atoms with van der Waals surface area (Å²) in [5.74, 6) is -0.932. The Morgan fingerprint density at radius 1 is 1.21 bits per heavy atom. The summed E-state index contributed by atoms with van der Waals surface area (Å²) in [6.07, 6.45) is 2.67. The van der Waals surface area contributed by atoms with E-state index >= 15 is 0 Å². The van der Waals surface area contributed by atoms with Crippen LogP contribution in [0, 0.1) is 5.41 Å². The quantitative estimate of drug-likeness (QED) is 0.812. The van der Waals surface area contributed by atoms with Crippen molar-refractivity contribution < 1.29 is 14.7 Å². The smallest absolute Gasteiger partial charge is 0.319 e. The molecule has 2 N–H and O–H groups in total. The van der Waals surface area contributed by atoms with Crippen LogP contribution in [0.1, 0.15) is 37.2 Å². The lowest BCUT2D eigenvalue weighted by Crippen LogP contribution is -2.51. The number of hydrogen-bond donors (Lipinski definition) is 2. The van der Waals surface area contributed by atoms with E-state index in [-0.39, 0.29) is 11.9 Å². The minimum atomic E-state index is -1.15. The molecule has 1 aromatic rings. The molecular formula is C15H17NO3. The van der Waals surface area contributed by atoms with Crippen molar-refractivity contribution in [3.63, 3.8) is 0 Å². The first-order valence-corrected chi connectivity index (χ1v) is 6.73. The summed E-state index contributed by atoms with van der Waals surface area (Å²) >= 11 is 0. The second-order valence-electron chi connectivity index (χ2n) is 5.57. The van der Waals surface area contributed by atoms with Crippen molar-refractivity contribution in [3.8, 4) is 0 Å². The molecule has 0 bridgehead atoms. The van der Waals surface area contributed by atoms with E-state index in [1.54, 1.807) is 0 Å². The number of nitrogens with one attached hydrogen (secondary N) is 1. The molecule has 2 aliphatic carbocycles. The third-order valence-electron chi connectivity index (χ3n) is 4.39. The Hall–Kier alpha value is -1.84. The molecule has 0 aromatic heterocycles. The van der Waals surface area contributed by atoms with Gasteiger partial charge in [-0.25, -0.2) is 0 Å². The SMILES string of the molecule is O=C(O)C1(C(=O)NC2CC2c2ccccc2)CCC1. The number of benzene rings is 1. The molecule has 2 atom stereocenters. The minimum Gasteiger partial charge on any atom is -0.480 e. The molecular weight excluding hydrogens is 242 g/mol. The summed E-state index contributed by atoms with van der Waals surface area (Å²) in [6, 6.07) is 10.1. The number of carbonyl (C=O) groups excluding carboxylic acids is 1. The van der Waals surface area contributed by atoms with Crippen LogP contribution >= 0.6 is 0 Å². The number of carboxylic acids is 1. The van der Waals surface area contributed by atoms with Gasteiger partial charge in [0.25, 0.3) is 0 Å². The molecule has 0 heterocycles. The Kier molecular flexibility index (Phi) is 2.81. The molecule has 2 unspecified atom stereocenters. The van der Waals surface area contributed by atoms with E-state index in [0.29, 0.717) is 18.8 Å². The molecule has 3 rings (SSSR count). The molecule has 0 radical (unpaired) electrons. The van der Waals surface area contributed by atoms with Gasteiger partial charge in [0.2, 0.25) is 5.91 Å². The van der Waals surface area contributed by atoms with Crippen LogP contribution in [0.25, 0.3) is 0 Å². The predicted molar refractivity (Wildman–Crippen MR) is 69.7 cm³/mol. The van der Waals surface area contributed by atoms with Gasteiger partial charge in [-0.15, -0.1) is 0 Å². The van der Waals surface area contributed by atoms with E-state index in [1.165, 1.54) is 5.56 Å². The molecule has 0 saturated heterocycles. The zero-order valence-electron chi connectivity index (χ0n) is 10.6. The number of rotatable bonds is 4. The van der Waals surface area contributed by atoms with E-state index in [0.717, 1.165) is 12.8 Å². The second kappa shape index (κ2) is 4.37. The highest BCUT2D eigenvalue weighted by molar-refractivity contribution is 6.03. The molecule has 4 nitrogen and oxygen atoms in total. The van der Waals surface area contributed by atoms with Crippen LogP contribution in [-0.4, -0.2) is 23.0 Å². The lowest BCUT2D eigenvalue weighted by molar-refractivity contribution is -0.162. The standard InChI is InChI=1S/C15H17NO3/c17-13(15(14(18)19)7-4-8-15)16-12-9-11(12)10-5-2-1-3-6-10/h1-3,5-6,11-12H,4,7-9H2,(H,16,17)(H,18,19). The monoisotopic (exact) mass is 259 g/mol. The lowest BCUT2D eigenvalue weighted by Gasteiger charge is -2.35. The third-order valence-corrected chi connectivity index (χ3v) is 4.39. The van der Waals surface area contributed by atoms with Gasteiger partial charge >= 0.3 is 5.97 Å². The Morgan fingerprint density at radius 3 is 2.42 bits per heavy atom. The summed E-state index contributed by atoms with van der Waals surface area (Å²) in [6.45, 7) is 0. The first-order chi connectivity index (χ1) is 9.13. The maximum atomic E-state index is 12.1. The molecule has 1 amide bonds. The fraction of sp³-hybridized carbons (Fsp3) is 0.467. The van der Waals surface area contributed by atoms with E-state index < -0.39 is 11.4 Å². The topological polar surface area (TPSA) is 66.4 Å². The third kappa shape index (κ3) is 2.01. The van der Waals surface area contributed by atoms with Crippen LogP contribution in [0.2, 0.25) is 0 Å². The number of amides is 1. The highest BCUT2D eigenvalue weighted by Crippen LogP contribution is 2.45. The normalized spacial score (nSPS) is 27.2. The van der Waals surface area contributed by atoms with Crippen LogP contribution in [0.3, 0.4) is 0 Å². The fourth-order valence-electron chi connectivity index (χ4n) is 2.80. The zero-order valence-corrected chi connectivity index (χ0v) is 10.6. The van der Waals surface area contributed by atoms with Crippen molar-refractivity contribution in [2.45, 2.75) is 37.6 Å². The summed E-state index contributed by atoms with van der Waals surface area (Å²) < 4.78 is 0. The van der Waals surface area contributed by atoms with Gasteiger partial charge in [0.1, 0.15) is 5.41 Å². The maximum absolute atomic E-state index is 12.1. The van der Waals surface area contributed by atoms with Crippen LogP contribution < -0.4 is 5.32 Å². The van der Waals surface area contributed by atoms with E-state index in [4.69, 9.17) is 0 Å². The van der Waals surface area contributed by atoms with E-state index in [2.05, 4.69) is 5.32 Å². The van der Waals surface area contributed by atoms with Crippen LogP contribution in [-0.2, 0) is 9.59 Å². The van der Waals surface area contributed by atoms with Crippen LogP contribution in [0.15, 0.2) is 30.3 Å². The van der Waals surface area contributed by atoms with Gasteiger partial charge in [0, 0.05) is 12.0 Å². The summed E-state index contributed by atoms with van der Waals surface area (Å²) in [5, 5.41) is 12.1. The first-order valence-electron chi connectivity index (χ1n) is 6.73. The Bertz CT molecular complexity index is 507. The van der Waals surface area contributed by atoms with Gasteiger partial charge in [0.15, 0.2) is 0 Å². The molecule has 100 valence electrons. The van der Waals surface area contributed by atoms with Gasteiger partial charge < -0.3 is 10.4 Å². The molecule has 2 fully saturated rings. The van der Waals surface area contributed by atoms with Gasteiger partial charge in [-0.3, -0.25) is 9.59 Å². The van der Waals surface area contributed by atoms with Crippen LogP contribution in [0.5, 0.6) is 0 Å². The average Bonchev–Trinajstić information content (AvgIpc) is 3.07. The van der Waals surface area contributed by atoms with Gasteiger partial charge in [-0.2, -0.15) is 0 Å². The molecule has 19 heavy (non-hydrogen) atoms. The Labute approximate surface area is 111 Å². The van der Waals surface area contributed by atoms with Crippen molar-refractivity contribution in [1.29, 1.82) is 0 Å². The van der Waals surface area contributed by atoms with E-state index in [9.17, 15) is 14.7 Å². The minimum absolute atomic E-state index is 0.103. The summed E-state index contributed by atoms with van der Waals surface area (Å²) in [4.78, 5) is 23.4. The summed E-state index contributed by atoms with van der Waals surface area (Å²) in [5.41, 5.74) is 0.0647. The van der Waals surface area contributed by atoms with Crippen molar-refractivity contribution in [1.82, 2.24) is 5.32 Å². The molecule has 1 aromatic carbocycles. The maximum Gasteiger partial charge on any atom is 0.319 e. The largest absolute Gasteiger partial charge is 0.480 e. The van der Waals surface area contributed by atoms with Crippen molar-refractivity contribution >= 4 is 11.9 Å². The van der Waals surface area contributed by atoms with Crippen LogP contribution in [0.4, 0.5) is 0 Å². The van der Waals surface area contributed by atoms with Crippen molar-refractivity contribution in [2.75, 3.05) is 0 Å². The molecule has 2 saturated carbocycles. The second-order valence-corrected chi connectivity index (χ2v) is 5.57. The number of hydrogen-bond acceptors (Lipinski definition) is 2. The molecule has 0 spiro atoms. The zero-order chi connectivity index (χ0) is 13.5. The first kappa shape index (κ1) is 12.2. The predicted octanol–water partition coefficient (Wildman–Crippen LogP) is 1.91. The van der Waals surface area contributed by atoms with Gasteiger partial charge in [0.05, 0.1) is 0 Å². The lowest BCUT2D eigenvalue weighted by atomic mass is 9.68. The fourth-order valence-corrected chi connectivity index (χ4v) is 2.80. The number of carboxylic acid groups (broad SMARTS) is 1. The van der Waals surface area contributed by atoms with E-state index in [1.807, 2.05) is 30.3 Å².